The molecule has 1 amide bonds. The van der Waals surface area contributed by atoms with E-state index in [-0.39, 0.29) is 10.5 Å². The average molecular weight is 469 g/mol. The number of carbonyl (C=O) groups is 1. The molecule has 10 heteroatoms. The summed E-state index contributed by atoms with van der Waals surface area (Å²) in [4.78, 5) is 19.2. The third-order valence-electron chi connectivity index (χ3n) is 5.10. The highest BCUT2D eigenvalue weighted by Gasteiger charge is 2.19. The molecule has 33 heavy (non-hydrogen) atoms. The van der Waals surface area contributed by atoms with Crippen molar-refractivity contribution in [3.05, 3.63) is 72.4 Å². The highest BCUT2D eigenvalue weighted by Crippen LogP contribution is 2.26. The fourth-order valence-electron chi connectivity index (χ4n) is 3.38. The van der Waals surface area contributed by atoms with E-state index in [1.165, 1.54) is 25.3 Å². The van der Waals surface area contributed by atoms with E-state index in [0.29, 0.717) is 30.3 Å². The third kappa shape index (κ3) is 5.41. The van der Waals surface area contributed by atoms with Crippen LogP contribution in [0.15, 0.2) is 71.8 Å². The van der Waals surface area contributed by atoms with Gasteiger partial charge < -0.3 is 19.7 Å². The standard InChI is InChI=1S/C23H24N4O5S/c1-31-21-8-3-2-7-20(21)26-33(29,30)19-6-4-5-17(15-19)23(28)25-18-9-10-22(24-16-18)27-11-13-32-14-12-27/h2-10,15-16,26H,11-14H2,1H3,(H,25,28). The summed E-state index contributed by atoms with van der Waals surface area (Å²) in [5, 5.41) is 2.76. The van der Waals surface area contributed by atoms with Crippen LogP contribution in [0.1, 0.15) is 10.4 Å². The number of methoxy groups -OCH3 is 1. The van der Waals surface area contributed by atoms with E-state index in [4.69, 9.17) is 9.47 Å². The molecule has 0 atom stereocenters. The maximum Gasteiger partial charge on any atom is 0.262 e. The van der Waals surface area contributed by atoms with Crippen LogP contribution in [-0.4, -0.2) is 52.7 Å². The molecule has 0 saturated carbocycles. The summed E-state index contributed by atoms with van der Waals surface area (Å²) >= 11 is 0. The number of amides is 1. The highest BCUT2D eigenvalue weighted by molar-refractivity contribution is 7.92. The molecule has 1 aromatic heterocycles. The summed E-state index contributed by atoms with van der Waals surface area (Å²) < 4.78 is 38.8. The van der Waals surface area contributed by atoms with Crippen molar-refractivity contribution in [2.24, 2.45) is 0 Å². The molecule has 2 aromatic carbocycles. The zero-order valence-electron chi connectivity index (χ0n) is 18.0. The minimum Gasteiger partial charge on any atom is -0.495 e. The van der Waals surface area contributed by atoms with E-state index in [1.54, 1.807) is 42.6 Å². The van der Waals surface area contributed by atoms with E-state index in [1.807, 2.05) is 6.07 Å². The third-order valence-corrected chi connectivity index (χ3v) is 6.46. The van der Waals surface area contributed by atoms with Crippen LogP contribution < -0.4 is 19.7 Å². The van der Waals surface area contributed by atoms with Gasteiger partial charge in [0.05, 0.1) is 42.8 Å². The number of ether oxygens (including phenoxy) is 2. The van der Waals surface area contributed by atoms with Crippen molar-refractivity contribution in [1.82, 2.24) is 4.98 Å². The topological polar surface area (TPSA) is 110 Å². The molecular formula is C23H24N4O5S. The number of sulfonamides is 1. The van der Waals surface area contributed by atoms with Gasteiger partial charge in [-0.3, -0.25) is 9.52 Å². The van der Waals surface area contributed by atoms with Crippen LogP contribution in [-0.2, 0) is 14.8 Å². The lowest BCUT2D eigenvalue weighted by atomic mass is 10.2. The Bertz CT molecular complexity index is 1230. The first-order chi connectivity index (χ1) is 16.0. The highest BCUT2D eigenvalue weighted by atomic mass is 32.2. The molecule has 1 saturated heterocycles. The fraction of sp³-hybridized carbons (Fsp3) is 0.217. The maximum absolute atomic E-state index is 12.9. The van der Waals surface area contributed by atoms with Crippen LogP contribution in [0, 0.1) is 0 Å². The molecule has 0 radical (unpaired) electrons. The molecular weight excluding hydrogens is 444 g/mol. The predicted molar refractivity (Wildman–Crippen MR) is 125 cm³/mol. The van der Waals surface area contributed by atoms with Gasteiger partial charge >= 0.3 is 0 Å². The molecule has 1 aliphatic rings. The molecule has 1 fully saturated rings. The minimum atomic E-state index is -3.93. The number of pyridine rings is 1. The molecule has 9 nitrogen and oxygen atoms in total. The number of benzene rings is 2. The van der Waals surface area contributed by atoms with Crippen LogP contribution in [0.5, 0.6) is 5.75 Å². The van der Waals surface area contributed by atoms with Gasteiger partial charge in [-0.15, -0.1) is 0 Å². The van der Waals surface area contributed by atoms with Crippen molar-refractivity contribution >= 4 is 33.1 Å². The number of nitrogens with one attached hydrogen (secondary N) is 2. The zero-order chi connectivity index (χ0) is 23.3. The Kier molecular flexibility index (Phi) is 6.76. The van der Waals surface area contributed by atoms with Crippen LogP contribution in [0.4, 0.5) is 17.2 Å². The second-order valence-corrected chi connectivity index (χ2v) is 8.97. The second kappa shape index (κ2) is 9.88. The first-order valence-electron chi connectivity index (χ1n) is 10.3. The summed E-state index contributed by atoms with van der Waals surface area (Å²) in [6.45, 7) is 2.85. The van der Waals surface area contributed by atoms with E-state index in [9.17, 15) is 13.2 Å². The van der Waals surface area contributed by atoms with Crippen LogP contribution in [0.25, 0.3) is 0 Å². The lowest BCUT2D eigenvalue weighted by Gasteiger charge is -2.27. The number of morpholine rings is 1. The number of aromatic nitrogens is 1. The normalized spacial score (nSPS) is 13.9. The number of para-hydroxylation sites is 2. The van der Waals surface area contributed by atoms with E-state index >= 15 is 0 Å². The van der Waals surface area contributed by atoms with Crippen molar-refractivity contribution in [3.63, 3.8) is 0 Å². The van der Waals surface area contributed by atoms with Gasteiger partial charge in [0.1, 0.15) is 11.6 Å². The maximum atomic E-state index is 12.9. The monoisotopic (exact) mass is 468 g/mol. The summed E-state index contributed by atoms with van der Waals surface area (Å²) in [7, 11) is -2.47. The van der Waals surface area contributed by atoms with Gasteiger partial charge in [-0.2, -0.15) is 0 Å². The van der Waals surface area contributed by atoms with Gasteiger partial charge in [-0.25, -0.2) is 13.4 Å². The van der Waals surface area contributed by atoms with E-state index in [0.717, 1.165) is 18.9 Å². The number of hydrogen-bond acceptors (Lipinski definition) is 7. The van der Waals surface area contributed by atoms with Crippen LogP contribution in [0.2, 0.25) is 0 Å². The minimum absolute atomic E-state index is 0.0400. The van der Waals surface area contributed by atoms with Gasteiger partial charge in [0.25, 0.3) is 15.9 Å². The Morgan fingerprint density at radius 3 is 2.58 bits per heavy atom. The first kappa shape index (κ1) is 22.6. The van der Waals surface area contributed by atoms with Crippen LogP contribution in [0.3, 0.4) is 0 Å². The molecule has 172 valence electrons. The van der Waals surface area contributed by atoms with Crippen molar-refractivity contribution in [1.29, 1.82) is 0 Å². The number of rotatable bonds is 7. The van der Waals surface area contributed by atoms with Gasteiger partial charge in [-0.1, -0.05) is 18.2 Å². The number of anilines is 3. The Morgan fingerprint density at radius 1 is 1.06 bits per heavy atom. The lowest BCUT2D eigenvalue weighted by Crippen LogP contribution is -2.36. The number of hydrogen-bond donors (Lipinski definition) is 2. The molecule has 0 bridgehead atoms. The average Bonchev–Trinajstić information content (AvgIpc) is 2.85. The van der Waals surface area contributed by atoms with Gasteiger partial charge in [0.15, 0.2) is 0 Å². The van der Waals surface area contributed by atoms with E-state index in [2.05, 4.69) is 19.9 Å². The summed E-state index contributed by atoms with van der Waals surface area (Å²) in [5.41, 5.74) is 1.02. The quantitative estimate of drug-likeness (QED) is 0.549. The smallest absolute Gasteiger partial charge is 0.262 e. The molecule has 3 aromatic rings. The fourth-order valence-corrected chi connectivity index (χ4v) is 4.50. The van der Waals surface area contributed by atoms with Crippen molar-refractivity contribution < 1.29 is 22.7 Å². The zero-order valence-corrected chi connectivity index (χ0v) is 18.8. The van der Waals surface area contributed by atoms with Crippen molar-refractivity contribution in [3.8, 4) is 5.75 Å². The second-order valence-electron chi connectivity index (χ2n) is 7.29. The van der Waals surface area contributed by atoms with E-state index < -0.39 is 15.9 Å². The molecule has 0 spiro atoms. The predicted octanol–water partition coefficient (Wildman–Crippen LogP) is 2.98. The van der Waals surface area contributed by atoms with Gasteiger partial charge in [0.2, 0.25) is 0 Å². The Labute approximate surface area is 192 Å². The summed E-state index contributed by atoms with van der Waals surface area (Å²) in [6, 6.07) is 16.1. The van der Waals surface area contributed by atoms with Crippen LogP contribution >= 0.6 is 0 Å². The van der Waals surface area contributed by atoms with Crippen molar-refractivity contribution in [2.75, 3.05) is 48.4 Å². The van der Waals surface area contributed by atoms with Gasteiger partial charge in [0, 0.05) is 18.7 Å². The Hall–Kier alpha value is -3.63. The molecule has 2 N–H and O–H groups in total. The Morgan fingerprint density at radius 2 is 1.85 bits per heavy atom. The molecule has 2 heterocycles. The van der Waals surface area contributed by atoms with Gasteiger partial charge in [-0.05, 0) is 42.5 Å². The number of nitrogens with zero attached hydrogens (tertiary/aromatic N) is 2. The SMILES string of the molecule is COc1ccccc1NS(=O)(=O)c1cccc(C(=O)Nc2ccc(N3CCOCC3)nc2)c1. The first-order valence-corrected chi connectivity index (χ1v) is 11.8. The Balaban J connectivity index is 1.47. The largest absolute Gasteiger partial charge is 0.495 e. The molecule has 0 aliphatic carbocycles. The lowest BCUT2D eigenvalue weighted by molar-refractivity contribution is 0.102. The summed E-state index contributed by atoms with van der Waals surface area (Å²) in [5.74, 6) is 0.764. The molecule has 0 unspecified atom stereocenters. The summed E-state index contributed by atoms with van der Waals surface area (Å²) in [6.07, 6.45) is 1.58. The molecule has 4 rings (SSSR count). The van der Waals surface area contributed by atoms with Crippen molar-refractivity contribution in [2.45, 2.75) is 4.90 Å². The molecule has 1 aliphatic heterocycles. The number of carbonyl (C=O) groups excluding carboxylic acids is 1.